The second-order valence-corrected chi connectivity index (χ2v) is 5.33. The molecular weight excluding hydrogens is 228 g/mol. The summed E-state index contributed by atoms with van der Waals surface area (Å²) < 4.78 is 0. The summed E-state index contributed by atoms with van der Waals surface area (Å²) >= 11 is 1.05. The Morgan fingerprint density at radius 3 is 2.69 bits per heavy atom. The van der Waals surface area contributed by atoms with Gasteiger partial charge in [-0.3, -0.25) is 10.1 Å². The number of anilines is 1. The molecular formula is C9H16N4O2S. The van der Waals surface area contributed by atoms with Crippen LogP contribution in [0.15, 0.2) is 6.20 Å². The van der Waals surface area contributed by atoms with Gasteiger partial charge in [-0.25, -0.2) is 4.98 Å². The lowest BCUT2D eigenvalue weighted by Crippen LogP contribution is -2.44. The van der Waals surface area contributed by atoms with Gasteiger partial charge in [0.15, 0.2) is 5.13 Å². The van der Waals surface area contributed by atoms with Crippen molar-refractivity contribution in [3.8, 4) is 0 Å². The zero-order valence-electron chi connectivity index (χ0n) is 9.85. The molecule has 1 aromatic heterocycles. The summed E-state index contributed by atoms with van der Waals surface area (Å²) in [5, 5.41) is 14.2. The zero-order chi connectivity index (χ0) is 12.3. The summed E-state index contributed by atoms with van der Waals surface area (Å²) in [5.41, 5.74) is -0.0273. The lowest BCUT2D eigenvalue weighted by molar-refractivity contribution is -0.380. The van der Waals surface area contributed by atoms with Crippen LogP contribution in [0.4, 0.5) is 10.1 Å². The topological polar surface area (TPSA) is 71.3 Å². The van der Waals surface area contributed by atoms with Crippen LogP contribution in [-0.2, 0) is 0 Å². The maximum absolute atomic E-state index is 10.5. The van der Waals surface area contributed by atoms with Crippen molar-refractivity contribution in [1.82, 2.24) is 9.88 Å². The van der Waals surface area contributed by atoms with Gasteiger partial charge in [0.2, 0.25) is 0 Å². The smallest absolute Gasteiger partial charge is 0.345 e. The first kappa shape index (κ1) is 12.9. The molecule has 1 aromatic rings. The van der Waals surface area contributed by atoms with Crippen molar-refractivity contribution in [3.05, 3.63) is 16.3 Å². The van der Waals surface area contributed by atoms with E-state index in [2.05, 4.69) is 29.0 Å². The standard InChI is InChI=1S/C9H16N4O2S/c1-9(2,12(3)4)6-11-8-10-5-7(16-8)13(14)15/h5H,6H2,1-4H3,(H,10,11). The van der Waals surface area contributed by atoms with Crippen LogP contribution in [0.25, 0.3) is 0 Å². The van der Waals surface area contributed by atoms with Crippen molar-refractivity contribution in [2.45, 2.75) is 19.4 Å². The summed E-state index contributed by atoms with van der Waals surface area (Å²) in [7, 11) is 3.98. The summed E-state index contributed by atoms with van der Waals surface area (Å²) in [6.45, 7) is 4.86. The number of aromatic nitrogens is 1. The van der Waals surface area contributed by atoms with E-state index in [-0.39, 0.29) is 10.5 Å². The van der Waals surface area contributed by atoms with Crippen LogP contribution >= 0.6 is 11.3 Å². The third kappa shape index (κ3) is 3.14. The van der Waals surface area contributed by atoms with Gasteiger partial charge in [-0.2, -0.15) is 0 Å². The average Bonchev–Trinajstić information content (AvgIpc) is 2.63. The number of hydrogen-bond acceptors (Lipinski definition) is 6. The molecule has 16 heavy (non-hydrogen) atoms. The van der Waals surface area contributed by atoms with Gasteiger partial charge in [-0.15, -0.1) is 0 Å². The minimum atomic E-state index is -0.431. The summed E-state index contributed by atoms with van der Waals surface area (Å²) in [6, 6.07) is 0. The van der Waals surface area contributed by atoms with Crippen molar-refractivity contribution in [1.29, 1.82) is 0 Å². The van der Waals surface area contributed by atoms with Gasteiger partial charge in [0.25, 0.3) is 0 Å². The van der Waals surface area contributed by atoms with Crippen molar-refractivity contribution < 1.29 is 4.92 Å². The molecule has 0 aromatic carbocycles. The van der Waals surface area contributed by atoms with E-state index < -0.39 is 4.92 Å². The fraction of sp³-hybridized carbons (Fsp3) is 0.667. The molecule has 0 bridgehead atoms. The molecule has 0 aliphatic rings. The molecule has 0 amide bonds. The summed E-state index contributed by atoms with van der Waals surface area (Å²) in [4.78, 5) is 16.1. The molecule has 0 aliphatic heterocycles. The number of thiazole rings is 1. The Labute approximate surface area is 98.4 Å². The van der Waals surface area contributed by atoms with E-state index >= 15 is 0 Å². The molecule has 0 fully saturated rings. The number of rotatable bonds is 5. The van der Waals surface area contributed by atoms with Crippen LogP contribution < -0.4 is 5.32 Å². The Hall–Kier alpha value is -1.21. The first-order chi connectivity index (χ1) is 7.33. The van der Waals surface area contributed by atoms with Gasteiger partial charge in [0.05, 0.1) is 4.92 Å². The number of nitro groups is 1. The Bertz CT molecular complexity index is 375. The molecule has 0 aliphatic carbocycles. The highest BCUT2D eigenvalue weighted by Gasteiger charge is 2.21. The third-order valence-electron chi connectivity index (χ3n) is 2.56. The van der Waals surface area contributed by atoms with Crippen LogP contribution in [0, 0.1) is 10.1 Å². The Morgan fingerprint density at radius 2 is 2.25 bits per heavy atom. The second kappa shape index (κ2) is 4.75. The van der Waals surface area contributed by atoms with Crippen molar-refractivity contribution in [3.63, 3.8) is 0 Å². The summed E-state index contributed by atoms with van der Waals surface area (Å²) in [6.07, 6.45) is 1.27. The average molecular weight is 244 g/mol. The lowest BCUT2D eigenvalue weighted by atomic mass is 10.1. The van der Waals surface area contributed by atoms with Gasteiger partial charge in [-0.05, 0) is 39.3 Å². The Kier molecular flexibility index (Phi) is 3.82. The molecule has 90 valence electrons. The molecule has 0 unspecified atom stereocenters. The van der Waals surface area contributed by atoms with E-state index in [0.29, 0.717) is 11.7 Å². The second-order valence-electron chi connectivity index (χ2n) is 4.32. The molecule has 0 atom stereocenters. The lowest BCUT2D eigenvalue weighted by Gasteiger charge is -2.32. The van der Waals surface area contributed by atoms with E-state index in [1.165, 1.54) is 6.20 Å². The number of likely N-dealkylation sites (N-methyl/N-ethyl adjacent to an activating group) is 1. The number of nitrogens with one attached hydrogen (secondary N) is 1. The quantitative estimate of drug-likeness (QED) is 0.631. The predicted molar refractivity (Wildman–Crippen MR) is 65.0 cm³/mol. The fourth-order valence-corrected chi connectivity index (χ4v) is 1.51. The van der Waals surface area contributed by atoms with Crippen LogP contribution in [0.1, 0.15) is 13.8 Å². The molecule has 0 radical (unpaired) electrons. The molecule has 1 heterocycles. The highest BCUT2D eigenvalue weighted by atomic mass is 32.1. The number of nitrogens with zero attached hydrogens (tertiary/aromatic N) is 3. The molecule has 6 nitrogen and oxygen atoms in total. The zero-order valence-corrected chi connectivity index (χ0v) is 10.7. The van der Waals surface area contributed by atoms with Crippen molar-refractivity contribution >= 4 is 21.5 Å². The molecule has 1 N–H and O–H groups in total. The normalized spacial score (nSPS) is 11.8. The van der Waals surface area contributed by atoms with Gasteiger partial charge >= 0.3 is 5.00 Å². The predicted octanol–water partition coefficient (Wildman–Crippen LogP) is 1.80. The SMILES string of the molecule is CN(C)C(C)(C)CNc1ncc([N+](=O)[O-])s1. The Balaban J connectivity index is 2.58. The largest absolute Gasteiger partial charge is 0.359 e. The first-order valence-electron chi connectivity index (χ1n) is 4.84. The third-order valence-corrected chi connectivity index (χ3v) is 3.46. The van der Waals surface area contributed by atoms with E-state index in [4.69, 9.17) is 0 Å². The van der Waals surface area contributed by atoms with Gasteiger partial charge < -0.3 is 10.2 Å². The van der Waals surface area contributed by atoms with E-state index in [0.717, 1.165) is 11.3 Å². The molecule has 1 rings (SSSR count). The molecule has 7 heteroatoms. The van der Waals surface area contributed by atoms with Gasteiger partial charge in [0, 0.05) is 12.1 Å². The van der Waals surface area contributed by atoms with Gasteiger partial charge in [-0.1, -0.05) is 0 Å². The van der Waals surface area contributed by atoms with Crippen LogP contribution in [-0.4, -0.2) is 41.0 Å². The van der Waals surface area contributed by atoms with Crippen molar-refractivity contribution in [2.75, 3.05) is 26.0 Å². The van der Waals surface area contributed by atoms with Crippen LogP contribution in [0.3, 0.4) is 0 Å². The first-order valence-corrected chi connectivity index (χ1v) is 5.66. The van der Waals surface area contributed by atoms with E-state index in [9.17, 15) is 10.1 Å². The monoisotopic (exact) mass is 244 g/mol. The minimum absolute atomic E-state index is 0.0273. The number of hydrogen-bond donors (Lipinski definition) is 1. The van der Waals surface area contributed by atoms with Crippen LogP contribution in [0.2, 0.25) is 0 Å². The van der Waals surface area contributed by atoms with E-state index in [1.54, 1.807) is 0 Å². The highest BCUT2D eigenvalue weighted by molar-refractivity contribution is 7.18. The molecule has 0 spiro atoms. The highest BCUT2D eigenvalue weighted by Crippen LogP contribution is 2.25. The van der Waals surface area contributed by atoms with Crippen LogP contribution in [0.5, 0.6) is 0 Å². The minimum Gasteiger partial charge on any atom is -0.359 e. The molecule has 0 saturated heterocycles. The maximum atomic E-state index is 10.5. The van der Waals surface area contributed by atoms with E-state index in [1.807, 2.05) is 14.1 Å². The maximum Gasteiger partial charge on any atom is 0.345 e. The van der Waals surface area contributed by atoms with Gasteiger partial charge in [0.1, 0.15) is 6.20 Å². The summed E-state index contributed by atoms with van der Waals surface area (Å²) in [5.74, 6) is 0. The Morgan fingerprint density at radius 1 is 1.62 bits per heavy atom. The molecule has 0 saturated carbocycles. The van der Waals surface area contributed by atoms with Crippen molar-refractivity contribution in [2.24, 2.45) is 0 Å². The fourth-order valence-electron chi connectivity index (χ4n) is 0.882.